The van der Waals surface area contributed by atoms with Crippen molar-refractivity contribution in [1.29, 1.82) is 0 Å². The van der Waals surface area contributed by atoms with E-state index in [0.717, 1.165) is 0 Å². The molecule has 0 atom stereocenters. The first-order valence-electron chi connectivity index (χ1n) is 4.42. The van der Waals surface area contributed by atoms with Crippen LogP contribution in [-0.2, 0) is 0 Å². The molecule has 0 bridgehead atoms. The number of hydrogen-bond acceptors (Lipinski definition) is 8. The Morgan fingerprint density at radius 1 is 0.895 bits per heavy atom. The first-order chi connectivity index (χ1) is 8.58. The van der Waals surface area contributed by atoms with E-state index in [1.165, 1.54) is 36.8 Å². The summed E-state index contributed by atoms with van der Waals surface area (Å²) in [6.45, 7) is 0. The van der Waals surface area contributed by atoms with Gasteiger partial charge in [-0.15, -0.1) is 0 Å². The Balaban J connectivity index is 0.000000324. The van der Waals surface area contributed by atoms with E-state index in [-0.39, 0.29) is 49.6 Å². The van der Waals surface area contributed by atoms with Crippen LogP contribution in [0.1, 0.15) is 0 Å². The van der Waals surface area contributed by atoms with Gasteiger partial charge in [0.25, 0.3) is 12.3 Å². The molecule has 96 valence electrons. The minimum absolute atomic E-state index is 0. The summed E-state index contributed by atoms with van der Waals surface area (Å²) in [6.07, 6.45) is -0.633. The molecular weight excluding hydrogens is 288 g/mol. The molecular formula is C10H6CaO8. The molecule has 0 spiro atoms. The monoisotopic (exact) mass is 294 g/mol. The van der Waals surface area contributed by atoms with E-state index >= 15 is 0 Å². The molecule has 9 heteroatoms. The Morgan fingerprint density at radius 2 is 1.26 bits per heavy atom. The molecule has 0 aliphatic rings. The average molecular weight is 294 g/mol. The predicted octanol–water partition coefficient (Wildman–Crippen LogP) is -0.377. The standard InChI is InChI=1S/2C5H4O4.Ca/c2*6-5(7)9-4-2-1-3-8-4;/h2*1-3H,(H,6,7);/q;;+2/p-2. The number of furan rings is 2. The molecule has 0 aromatic carbocycles. The van der Waals surface area contributed by atoms with E-state index in [2.05, 4.69) is 18.3 Å². The van der Waals surface area contributed by atoms with Crippen LogP contribution in [0.25, 0.3) is 0 Å². The summed E-state index contributed by atoms with van der Waals surface area (Å²) in [5.74, 6) is -0.148. The molecule has 0 aliphatic carbocycles. The van der Waals surface area contributed by atoms with Gasteiger partial charge in [0.1, 0.15) is 0 Å². The van der Waals surface area contributed by atoms with E-state index in [1.54, 1.807) is 0 Å². The van der Waals surface area contributed by atoms with E-state index < -0.39 is 12.3 Å². The molecule has 0 unspecified atom stereocenters. The molecule has 19 heavy (non-hydrogen) atoms. The number of carbonyl (C=O) groups excluding carboxylic acids is 2. The van der Waals surface area contributed by atoms with Crippen molar-refractivity contribution in [3.05, 3.63) is 36.8 Å². The van der Waals surface area contributed by atoms with E-state index in [4.69, 9.17) is 0 Å². The number of ether oxygens (including phenoxy) is 2. The van der Waals surface area contributed by atoms with Gasteiger partial charge in [0, 0.05) is 12.1 Å². The zero-order valence-electron chi connectivity index (χ0n) is 9.44. The van der Waals surface area contributed by atoms with Crippen molar-refractivity contribution in [2.24, 2.45) is 0 Å². The van der Waals surface area contributed by atoms with Gasteiger partial charge in [0.05, 0.1) is 12.5 Å². The van der Waals surface area contributed by atoms with Gasteiger partial charge in [0.2, 0.25) is 11.9 Å². The number of hydrogen-bond donors (Lipinski definition) is 0. The predicted molar refractivity (Wildman–Crippen MR) is 55.2 cm³/mol. The first-order valence-corrected chi connectivity index (χ1v) is 4.42. The maximum Gasteiger partial charge on any atom is 2.00 e. The molecule has 0 amide bonds. The summed E-state index contributed by atoms with van der Waals surface area (Å²) in [7, 11) is 0. The Hall–Kier alpha value is -1.64. The van der Waals surface area contributed by atoms with Crippen molar-refractivity contribution < 1.29 is 38.1 Å². The summed E-state index contributed by atoms with van der Waals surface area (Å²) in [5, 5.41) is 19.3. The van der Waals surface area contributed by atoms with Gasteiger partial charge in [-0.3, -0.25) is 0 Å². The molecule has 8 nitrogen and oxygen atoms in total. The van der Waals surface area contributed by atoms with Crippen LogP contribution in [0.5, 0.6) is 11.9 Å². The van der Waals surface area contributed by atoms with Gasteiger partial charge in [-0.2, -0.15) is 0 Å². The summed E-state index contributed by atoms with van der Waals surface area (Å²) >= 11 is 0. The van der Waals surface area contributed by atoms with Crippen LogP contribution in [0, 0.1) is 0 Å². The zero-order chi connectivity index (χ0) is 13.4. The summed E-state index contributed by atoms with van der Waals surface area (Å²) in [6, 6.07) is 5.77. The van der Waals surface area contributed by atoms with Gasteiger partial charge in [-0.25, -0.2) is 0 Å². The fourth-order valence-electron chi connectivity index (χ4n) is 0.807. The normalized spacial score (nSPS) is 8.42. The fourth-order valence-corrected chi connectivity index (χ4v) is 0.807. The third kappa shape index (κ3) is 8.14. The van der Waals surface area contributed by atoms with Gasteiger partial charge in [0.15, 0.2) is 0 Å². The Bertz CT molecular complexity index is 429. The van der Waals surface area contributed by atoms with Gasteiger partial charge in [-0.05, 0) is 12.1 Å². The molecule has 2 aromatic heterocycles. The number of carboxylic acid groups (broad SMARTS) is 2. The van der Waals surface area contributed by atoms with E-state index in [0.29, 0.717) is 0 Å². The average Bonchev–Trinajstić information content (AvgIpc) is 2.90. The van der Waals surface area contributed by atoms with E-state index in [9.17, 15) is 19.8 Å². The van der Waals surface area contributed by atoms with Crippen LogP contribution in [0.4, 0.5) is 9.59 Å². The molecule has 0 fully saturated rings. The minimum Gasteiger partial charge on any atom is -0.484 e. The quantitative estimate of drug-likeness (QED) is 0.542. The largest absolute Gasteiger partial charge is 2.00 e. The summed E-state index contributed by atoms with van der Waals surface area (Å²) < 4.78 is 17.0. The third-order valence-electron chi connectivity index (χ3n) is 1.36. The fraction of sp³-hybridized carbons (Fsp3) is 0. The molecule has 0 aliphatic heterocycles. The van der Waals surface area contributed by atoms with Gasteiger partial charge >= 0.3 is 37.7 Å². The van der Waals surface area contributed by atoms with Gasteiger partial charge < -0.3 is 38.1 Å². The number of carbonyl (C=O) groups is 2. The summed E-state index contributed by atoms with van der Waals surface area (Å²) in [4.78, 5) is 19.3. The zero-order valence-corrected chi connectivity index (χ0v) is 11.6. The van der Waals surface area contributed by atoms with Crippen LogP contribution < -0.4 is 19.7 Å². The third-order valence-corrected chi connectivity index (χ3v) is 1.36. The second-order valence-corrected chi connectivity index (χ2v) is 2.57. The van der Waals surface area contributed by atoms with E-state index in [1.807, 2.05) is 0 Å². The molecule has 2 rings (SSSR count). The van der Waals surface area contributed by atoms with Crippen molar-refractivity contribution in [3.8, 4) is 11.9 Å². The SMILES string of the molecule is O=C([O-])Oc1ccco1.O=C([O-])Oc1ccco1.[Ca+2]. The van der Waals surface area contributed by atoms with Crippen molar-refractivity contribution in [1.82, 2.24) is 0 Å². The Morgan fingerprint density at radius 3 is 1.47 bits per heavy atom. The molecule has 0 saturated carbocycles. The Kier molecular flexibility index (Phi) is 8.51. The Labute approximate surface area is 136 Å². The van der Waals surface area contributed by atoms with Crippen molar-refractivity contribution in [3.63, 3.8) is 0 Å². The maximum atomic E-state index is 9.67. The number of rotatable bonds is 2. The van der Waals surface area contributed by atoms with Gasteiger partial charge in [-0.1, -0.05) is 0 Å². The van der Waals surface area contributed by atoms with Crippen LogP contribution in [0.15, 0.2) is 45.6 Å². The molecule has 2 heterocycles. The smallest absolute Gasteiger partial charge is 0.484 e. The minimum atomic E-state index is -1.62. The molecule has 2 aromatic rings. The second kappa shape index (κ2) is 9.31. The van der Waals surface area contributed by atoms with Crippen LogP contribution in [0.2, 0.25) is 0 Å². The van der Waals surface area contributed by atoms with Crippen molar-refractivity contribution in [2.75, 3.05) is 0 Å². The molecule has 0 radical (unpaired) electrons. The van der Waals surface area contributed by atoms with Crippen LogP contribution in [0.3, 0.4) is 0 Å². The second-order valence-electron chi connectivity index (χ2n) is 2.57. The maximum absolute atomic E-state index is 9.67. The van der Waals surface area contributed by atoms with Crippen molar-refractivity contribution >= 4 is 50.0 Å². The molecule has 0 N–H and O–H groups in total. The van der Waals surface area contributed by atoms with Crippen LogP contribution >= 0.6 is 0 Å². The first kappa shape index (κ1) is 17.4. The van der Waals surface area contributed by atoms with Crippen LogP contribution in [-0.4, -0.2) is 50.0 Å². The molecule has 0 saturated heterocycles. The van der Waals surface area contributed by atoms with Crippen molar-refractivity contribution in [2.45, 2.75) is 0 Å². The topological polar surface area (TPSA) is 125 Å². The summed E-state index contributed by atoms with van der Waals surface area (Å²) in [5.41, 5.74) is 0.